The van der Waals surface area contributed by atoms with Crippen LogP contribution in [0.25, 0.3) is 11.0 Å². The van der Waals surface area contributed by atoms with Gasteiger partial charge in [0.25, 0.3) is 0 Å². The number of halogens is 6. The summed E-state index contributed by atoms with van der Waals surface area (Å²) >= 11 is 0. The highest BCUT2D eigenvalue weighted by molar-refractivity contribution is 5.78. The lowest BCUT2D eigenvalue weighted by Gasteiger charge is -2.23. The molecule has 0 aromatic carbocycles. The largest absolute Gasteiger partial charge is 0.451 e. The standard InChI is InChI=1S/C15H14F6N4O4/c1-13(2)28-7-6(4-26)27-11(8(7)29-13)25-10-5(3-22-25)9(14(16,17)18)23-12(24-10)15(19,20)21/h3,6-8,11,26H,4H2,1-2H3. The van der Waals surface area contributed by atoms with Crippen LogP contribution in [0.3, 0.4) is 0 Å². The van der Waals surface area contributed by atoms with Crippen LogP contribution in [-0.4, -0.2) is 55.6 Å². The monoisotopic (exact) mass is 428 g/mol. The fraction of sp³-hybridized carbons (Fsp3) is 0.667. The molecule has 0 amide bonds. The van der Waals surface area contributed by atoms with Gasteiger partial charge in [0.2, 0.25) is 5.82 Å². The first kappa shape index (κ1) is 20.3. The van der Waals surface area contributed by atoms with Crippen LogP contribution in [0.4, 0.5) is 26.3 Å². The van der Waals surface area contributed by atoms with Crippen molar-refractivity contribution >= 4 is 11.0 Å². The van der Waals surface area contributed by atoms with Gasteiger partial charge in [0.1, 0.15) is 18.3 Å². The summed E-state index contributed by atoms with van der Waals surface area (Å²) in [6, 6.07) is 0. The second-order valence-corrected chi connectivity index (χ2v) is 7.03. The van der Waals surface area contributed by atoms with Crippen molar-refractivity contribution in [2.24, 2.45) is 0 Å². The molecule has 0 bridgehead atoms. The molecule has 2 aliphatic rings. The van der Waals surface area contributed by atoms with Gasteiger partial charge < -0.3 is 19.3 Å². The average molecular weight is 428 g/mol. The SMILES string of the molecule is CC1(C)OC2C(CO)OC(n3ncc4c(C(F)(F)F)nc(C(F)(F)F)nc43)C2O1. The van der Waals surface area contributed by atoms with E-state index in [0.29, 0.717) is 6.20 Å². The van der Waals surface area contributed by atoms with E-state index in [2.05, 4.69) is 15.1 Å². The zero-order valence-electron chi connectivity index (χ0n) is 14.8. The smallest absolute Gasteiger partial charge is 0.394 e. The summed E-state index contributed by atoms with van der Waals surface area (Å²) in [4.78, 5) is 5.90. The van der Waals surface area contributed by atoms with Gasteiger partial charge in [-0.2, -0.15) is 31.4 Å². The van der Waals surface area contributed by atoms with Crippen molar-refractivity contribution in [3.63, 3.8) is 0 Å². The van der Waals surface area contributed by atoms with Gasteiger partial charge in [-0.15, -0.1) is 0 Å². The van der Waals surface area contributed by atoms with E-state index < -0.39 is 71.8 Å². The molecule has 160 valence electrons. The van der Waals surface area contributed by atoms with Gasteiger partial charge in [-0.05, 0) is 13.8 Å². The molecule has 2 saturated heterocycles. The molecule has 1 N–H and O–H groups in total. The maximum Gasteiger partial charge on any atom is 0.451 e. The zero-order chi connectivity index (χ0) is 21.4. The number of aliphatic hydroxyl groups excluding tert-OH is 1. The fourth-order valence-electron chi connectivity index (χ4n) is 3.46. The summed E-state index contributed by atoms with van der Waals surface area (Å²) in [6.07, 6.45) is -13.6. The molecule has 29 heavy (non-hydrogen) atoms. The number of aliphatic hydroxyl groups is 1. The highest BCUT2D eigenvalue weighted by atomic mass is 19.4. The lowest BCUT2D eigenvalue weighted by atomic mass is 10.1. The summed E-state index contributed by atoms with van der Waals surface area (Å²) in [7, 11) is 0. The third kappa shape index (κ3) is 3.33. The first-order valence-corrected chi connectivity index (χ1v) is 8.33. The van der Waals surface area contributed by atoms with E-state index in [9.17, 15) is 31.4 Å². The Morgan fingerprint density at radius 1 is 1.07 bits per heavy atom. The minimum atomic E-state index is -5.22. The van der Waals surface area contributed by atoms with Gasteiger partial charge in [0.15, 0.2) is 23.4 Å². The molecule has 14 heteroatoms. The highest BCUT2D eigenvalue weighted by Gasteiger charge is 2.56. The van der Waals surface area contributed by atoms with E-state index in [0.717, 1.165) is 4.68 Å². The quantitative estimate of drug-likeness (QED) is 0.734. The molecule has 4 atom stereocenters. The lowest BCUT2D eigenvalue weighted by Crippen LogP contribution is -2.31. The van der Waals surface area contributed by atoms with Gasteiger partial charge in [-0.25, -0.2) is 14.6 Å². The van der Waals surface area contributed by atoms with E-state index in [4.69, 9.17) is 14.2 Å². The Morgan fingerprint density at radius 3 is 2.31 bits per heavy atom. The van der Waals surface area contributed by atoms with Gasteiger partial charge in [0, 0.05) is 0 Å². The third-order valence-electron chi connectivity index (χ3n) is 4.52. The second kappa shape index (κ2) is 6.23. The lowest BCUT2D eigenvalue weighted by molar-refractivity contribution is -0.201. The van der Waals surface area contributed by atoms with Crippen LogP contribution < -0.4 is 0 Å². The Hall–Kier alpha value is -2.03. The molecule has 8 nitrogen and oxygen atoms in total. The predicted octanol–water partition coefficient (Wildman–Crippen LogP) is 2.27. The van der Waals surface area contributed by atoms with E-state index in [1.807, 2.05) is 0 Å². The number of alkyl halides is 6. The topological polar surface area (TPSA) is 91.5 Å². The number of rotatable bonds is 2. The summed E-state index contributed by atoms with van der Waals surface area (Å²) in [5, 5.41) is 12.5. The first-order valence-electron chi connectivity index (χ1n) is 8.33. The van der Waals surface area contributed by atoms with Gasteiger partial charge in [0.05, 0.1) is 18.2 Å². The normalized spacial score (nSPS) is 29.6. The van der Waals surface area contributed by atoms with Crippen LogP contribution in [0.5, 0.6) is 0 Å². The molecule has 2 aromatic rings. The van der Waals surface area contributed by atoms with Gasteiger partial charge in [-0.3, -0.25) is 0 Å². The van der Waals surface area contributed by atoms with E-state index in [-0.39, 0.29) is 0 Å². The van der Waals surface area contributed by atoms with Crippen LogP contribution in [0.2, 0.25) is 0 Å². The molecule has 4 unspecified atom stereocenters. The summed E-state index contributed by atoms with van der Waals surface area (Å²) in [5.41, 5.74) is -2.49. The van der Waals surface area contributed by atoms with Crippen LogP contribution in [0, 0.1) is 0 Å². The Bertz CT molecular complexity index is 943. The minimum Gasteiger partial charge on any atom is -0.394 e. The maximum absolute atomic E-state index is 13.3. The maximum atomic E-state index is 13.3. The van der Waals surface area contributed by atoms with Gasteiger partial charge in [-0.1, -0.05) is 0 Å². The molecule has 4 heterocycles. The van der Waals surface area contributed by atoms with Crippen molar-refractivity contribution in [3.8, 4) is 0 Å². The van der Waals surface area contributed by atoms with Crippen molar-refractivity contribution in [1.82, 2.24) is 19.7 Å². The number of nitrogens with zero attached hydrogens (tertiary/aromatic N) is 4. The van der Waals surface area contributed by atoms with Crippen molar-refractivity contribution in [3.05, 3.63) is 17.7 Å². The summed E-state index contributed by atoms with van der Waals surface area (Å²) in [5.74, 6) is -3.06. The molecule has 2 aromatic heterocycles. The number of hydrogen-bond donors (Lipinski definition) is 1. The molecule has 2 fully saturated rings. The van der Waals surface area contributed by atoms with Crippen LogP contribution in [-0.2, 0) is 26.6 Å². The molecule has 2 aliphatic heterocycles. The van der Waals surface area contributed by atoms with E-state index in [1.165, 1.54) is 0 Å². The third-order valence-corrected chi connectivity index (χ3v) is 4.52. The van der Waals surface area contributed by atoms with E-state index >= 15 is 0 Å². The highest BCUT2D eigenvalue weighted by Crippen LogP contribution is 2.44. The van der Waals surface area contributed by atoms with Crippen LogP contribution >= 0.6 is 0 Å². The Morgan fingerprint density at radius 2 is 1.72 bits per heavy atom. The Labute approximate surface area is 158 Å². The molecule has 4 rings (SSSR count). The number of hydrogen-bond acceptors (Lipinski definition) is 7. The number of ether oxygens (including phenoxy) is 3. The molecular formula is C15H14F6N4O4. The fourth-order valence-corrected chi connectivity index (χ4v) is 3.46. The Balaban J connectivity index is 1.87. The van der Waals surface area contributed by atoms with Crippen LogP contribution in [0.15, 0.2) is 6.20 Å². The zero-order valence-corrected chi connectivity index (χ0v) is 14.8. The second-order valence-electron chi connectivity index (χ2n) is 7.03. The van der Waals surface area contributed by atoms with Crippen molar-refractivity contribution < 1.29 is 45.7 Å². The molecular weight excluding hydrogens is 414 g/mol. The molecule has 0 spiro atoms. The molecule has 0 aliphatic carbocycles. The van der Waals surface area contributed by atoms with Crippen molar-refractivity contribution in [2.75, 3.05) is 6.61 Å². The minimum absolute atomic E-state index is 0.507. The van der Waals surface area contributed by atoms with Gasteiger partial charge >= 0.3 is 12.4 Å². The average Bonchev–Trinajstić information content (AvgIpc) is 3.22. The van der Waals surface area contributed by atoms with Crippen molar-refractivity contribution in [2.45, 2.75) is 56.5 Å². The van der Waals surface area contributed by atoms with Crippen LogP contribution in [0.1, 0.15) is 31.6 Å². The molecule has 0 radical (unpaired) electrons. The summed E-state index contributed by atoms with van der Waals surface area (Å²) < 4.78 is 96.8. The number of aromatic nitrogens is 4. The van der Waals surface area contributed by atoms with Crippen molar-refractivity contribution in [1.29, 1.82) is 0 Å². The van der Waals surface area contributed by atoms with E-state index in [1.54, 1.807) is 13.8 Å². The first-order chi connectivity index (χ1) is 13.3. The summed E-state index contributed by atoms with van der Waals surface area (Å²) in [6.45, 7) is 2.64. The predicted molar refractivity (Wildman–Crippen MR) is 80.1 cm³/mol. The molecule has 0 saturated carbocycles. The Kier molecular flexibility index (Phi) is 4.35. The number of fused-ring (bicyclic) bond motifs is 2.